The molecule has 0 spiro atoms. The molecule has 0 radical (unpaired) electrons. The summed E-state index contributed by atoms with van der Waals surface area (Å²) in [5, 5.41) is 6.67. The van der Waals surface area contributed by atoms with Crippen LogP contribution < -0.4 is 10.6 Å². The number of nitrogens with one attached hydrogen (secondary N) is 2. The summed E-state index contributed by atoms with van der Waals surface area (Å²) in [4.78, 5) is 16.3. The third kappa shape index (κ3) is 4.09. The van der Waals surface area contributed by atoms with Crippen molar-refractivity contribution in [3.05, 3.63) is 52.3 Å². The van der Waals surface area contributed by atoms with Gasteiger partial charge in [0, 0.05) is 18.4 Å². The fraction of sp³-hybridized carbons (Fsp3) is 0.200. The van der Waals surface area contributed by atoms with Gasteiger partial charge in [0.05, 0.1) is 27.0 Å². The van der Waals surface area contributed by atoms with E-state index in [-0.39, 0.29) is 11.9 Å². The Morgan fingerprint density at radius 1 is 1.19 bits per heavy atom. The lowest BCUT2D eigenvalue weighted by Gasteiger charge is -2.12. The van der Waals surface area contributed by atoms with Crippen LogP contribution in [0.3, 0.4) is 0 Å². The quantitative estimate of drug-likeness (QED) is 0.873. The van der Waals surface area contributed by atoms with Gasteiger partial charge in [-0.2, -0.15) is 0 Å². The molecule has 0 aliphatic rings. The number of halogens is 2. The molecule has 6 heteroatoms. The van der Waals surface area contributed by atoms with E-state index in [4.69, 9.17) is 23.2 Å². The Hall–Kier alpha value is -1.78. The fourth-order valence-electron chi connectivity index (χ4n) is 1.78. The number of carbonyl (C=O) groups excluding carboxylic acids is 1. The van der Waals surface area contributed by atoms with E-state index in [0.717, 1.165) is 5.69 Å². The van der Waals surface area contributed by atoms with Crippen LogP contribution in [0.5, 0.6) is 0 Å². The van der Waals surface area contributed by atoms with Gasteiger partial charge in [0.1, 0.15) is 0 Å². The molecule has 0 bridgehead atoms. The maximum absolute atomic E-state index is 12.3. The molecule has 1 aromatic heterocycles. The monoisotopic (exact) mass is 323 g/mol. The topological polar surface area (TPSA) is 54.0 Å². The second kappa shape index (κ2) is 6.78. The molecule has 0 aliphatic carbocycles. The smallest absolute Gasteiger partial charge is 0.257 e. The average Bonchev–Trinajstić information content (AvgIpc) is 2.42. The standard InChI is InChI=1S/C15H15Cl2N3O/c1-9(2)19-11-6-10(7-18-8-11)15(21)20-14-12(16)4-3-5-13(14)17/h3-9,19H,1-2H3,(H,20,21). The predicted molar refractivity (Wildman–Crippen MR) is 87.4 cm³/mol. The normalized spacial score (nSPS) is 10.5. The largest absolute Gasteiger partial charge is 0.382 e. The molecule has 1 amide bonds. The first kappa shape index (κ1) is 15.6. The first-order valence-corrected chi connectivity index (χ1v) is 7.20. The highest BCUT2D eigenvalue weighted by Gasteiger charge is 2.12. The molecule has 2 aromatic rings. The summed E-state index contributed by atoms with van der Waals surface area (Å²) >= 11 is 12.1. The number of hydrogen-bond acceptors (Lipinski definition) is 3. The number of rotatable bonds is 4. The van der Waals surface area contributed by atoms with E-state index in [0.29, 0.717) is 21.3 Å². The van der Waals surface area contributed by atoms with Gasteiger partial charge in [-0.15, -0.1) is 0 Å². The summed E-state index contributed by atoms with van der Waals surface area (Å²) in [6.07, 6.45) is 3.16. The van der Waals surface area contributed by atoms with Crippen molar-refractivity contribution in [2.24, 2.45) is 0 Å². The van der Waals surface area contributed by atoms with Gasteiger partial charge in [0.2, 0.25) is 0 Å². The number of nitrogens with zero attached hydrogens (tertiary/aromatic N) is 1. The molecule has 0 fully saturated rings. The van der Waals surface area contributed by atoms with E-state index >= 15 is 0 Å². The number of para-hydroxylation sites is 1. The van der Waals surface area contributed by atoms with Crippen molar-refractivity contribution >= 4 is 40.5 Å². The minimum absolute atomic E-state index is 0.253. The van der Waals surface area contributed by atoms with E-state index in [1.807, 2.05) is 13.8 Å². The van der Waals surface area contributed by atoms with Crippen LogP contribution in [-0.2, 0) is 0 Å². The third-order valence-electron chi connectivity index (χ3n) is 2.66. The lowest BCUT2D eigenvalue weighted by molar-refractivity contribution is 0.102. The molecule has 110 valence electrons. The Morgan fingerprint density at radius 2 is 1.86 bits per heavy atom. The van der Waals surface area contributed by atoms with Gasteiger partial charge in [-0.05, 0) is 32.0 Å². The van der Waals surface area contributed by atoms with Crippen LogP contribution in [0, 0.1) is 0 Å². The van der Waals surface area contributed by atoms with E-state index in [1.54, 1.807) is 30.5 Å². The van der Waals surface area contributed by atoms with Crippen LogP contribution in [-0.4, -0.2) is 16.9 Å². The number of benzene rings is 1. The van der Waals surface area contributed by atoms with Crippen LogP contribution in [0.1, 0.15) is 24.2 Å². The summed E-state index contributed by atoms with van der Waals surface area (Å²) in [7, 11) is 0. The summed E-state index contributed by atoms with van der Waals surface area (Å²) in [5.74, 6) is -0.315. The van der Waals surface area contributed by atoms with E-state index < -0.39 is 0 Å². The molecule has 4 nitrogen and oxygen atoms in total. The highest BCUT2D eigenvalue weighted by molar-refractivity contribution is 6.40. The van der Waals surface area contributed by atoms with Gasteiger partial charge >= 0.3 is 0 Å². The van der Waals surface area contributed by atoms with Crippen molar-refractivity contribution in [3.63, 3.8) is 0 Å². The summed E-state index contributed by atoms with van der Waals surface area (Å²) in [6.45, 7) is 4.02. The predicted octanol–water partition coefficient (Wildman–Crippen LogP) is 4.46. The van der Waals surface area contributed by atoms with Crippen molar-refractivity contribution in [2.45, 2.75) is 19.9 Å². The Bertz CT molecular complexity index is 639. The van der Waals surface area contributed by atoms with Gasteiger partial charge in [-0.3, -0.25) is 9.78 Å². The maximum atomic E-state index is 12.3. The zero-order chi connectivity index (χ0) is 15.4. The van der Waals surface area contributed by atoms with Crippen molar-refractivity contribution in [1.29, 1.82) is 0 Å². The highest BCUT2D eigenvalue weighted by Crippen LogP contribution is 2.30. The Kier molecular flexibility index (Phi) is 5.04. The van der Waals surface area contributed by atoms with Crippen molar-refractivity contribution in [2.75, 3.05) is 10.6 Å². The highest BCUT2D eigenvalue weighted by atomic mass is 35.5. The Balaban J connectivity index is 2.21. The minimum atomic E-state index is -0.315. The summed E-state index contributed by atoms with van der Waals surface area (Å²) in [6, 6.07) is 7.03. The van der Waals surface area contributed by atoms with Gasteiger partial charge in [-0.1, -0.05) is 29.3 Å². The molecule has 0 atom stereocenters. The second-order valence-corrected chi connectivity index (χ2v) is 5.63. The molecular formula is C15H15Cl2N3O. The zero-order valence-corrected chi connectivity index (χ0v) is 13.2. The molecule has 1 heterocycles. The van der Waals surface area contributed by atoms with Gasteiger partial charge < -0.3 is 10.6 Å². The van der Waals surface area contributed by atoms with Crippen molar-refractivity contribution < 1.29 is 4.79 Å². The van der Waals surface area contributed by atoms with Gasteiger partial charge in [0.15, 0.2) is 0 Å². The molecule has 2 rings (SSSR count). The number of amides is 1. The molecule has 2 N–H and O–H groups in total. The zero-order valence-electron chi connectivity index (χ0n) is 11.7. The lowest BCUT2D eigenvalue weighted by Crippen LogP contribution is -2.15. The summed E-state index contributed by atoms with van der Waals surface area (Å²) in [5.41, 5.74) is 1.60. The van der Waals surface area contributed by atoms with E-state index in [2.05, 4.69) is 15.6 Å². The number of aromatic nitrogens is 1. The first-order chi connectivity index (χ1) is 9.97. The van der Waals surface area contributed by atoms with E-state index in [1.165, 1.54) is 6.20 Å². The molecular weight excluding hydrogens is 309 g/mol. The number of carbonyl (C=O) groups is 1. The van der Waals surface area contributed by atoms with Crippen LogP contribution >= 0.6 is 23.2 Å². The number of anilines is 2. The minimum Gasteiger partial charge on any atom is -0.382 e. The van der Waals surface area contributed by atoms with Crippen molar-refractivity contribution in [1.82, 2.24) is 4.98 Å². The average molecular weight is 324 g/mol. The molecule has 0 unspecified atom stereocenters. The third-order valence-corrected chi connectivity index (χ3v) is 3.29. The van der Waals surface area contributed by atoms with Crippen LogP contribution in [0.25, 0.3) is 0 Å². The van der Waals surface area contributed by atoms with Crippen molar-refractivity contribution in [3.8, 4) is 0 Å². The Labute approximate surface area is 133 Å². The van der Waals surface area contributed by atoms with E-state index in [9.17, 15) is 4.79 Å². The van der Waals surface area contributed by atoms with Gasteiger partial charge in [-0.25, -0.2) is 0 Å². The van der Waals surface area contributed by atoms with Crippen LogP contribution in [0.15, 0.2) is 36.7 Å². The molecule has 21 heavy (non-hydrogen) atoms. The lowest BCUT2D eigenvalue weighted by atomic mass is 10.2. The first-order valence-electron chi connectivity index (χ1n) is 6.44. The maximum Gasteiger partial charge on any atom is 0.257 e. The molecule has 0 saturated heterocycles. The number of pyridine rings is 1. The number of hydrogen-bond donors (Lipinski definition) is 2. The second-order valence-electron chi connectivity index (χ2n) is 4.81. The molecule has 1 aromatic carbocycles. The fourth-order valence-corrected chi connectivity index (χ4v) is 2.27. The summed E-state index contributed by atoms with van der Waals surface area (Å²) < 4.78 is 0. The molecule has 0 aliphatic heterocycles. The van der Waals surface area contributed by atoms with Crippen LogP contribution in [0.2, 0.25) is 10.0 Å². The Morgan fingerprint density at radius 3 is 2.48 bits per heavy atom. The van der Waals surface area contributed by atoms with Gasteiger partial charge in [0.25, 0.3) is 5.91 Å². The SMILES string of the molecule is CC(C)Nc1cncc(C(=O)Nc2c(Cl)cccc2Cl)c1. The van der Waals surface area contributed by atoms with Crippen LogP contribution in [0.4, 0.5) is 11.4 Å². The molecule has 0 saturated carbocycles.